The van der Waals surface area contributed by atoms with Crippen LogP contribution < -0.4 is 0 Å². The standard InChI is InChI=1S/C23H34N2O2/c1-19(2)10-13-25-15-14-24(18-22(25)11-16-26)17-21-7-5-20(6-8-21)9-12-23(3,4)27/h5-8,10,22,26-27H,11,13-18H2,1-4H3/t22-/m0/s1. The van der Waals surface area contributed by atoms with Gasteiger partial charge in [0.1, 0.15) is 5.60 Å². The highest BCUT2D eigenvalue weighted by Gasteiger charge is 2.25. The van der Waals surface area contributed by atoms with Gasteiger partial charge >= 0.3 is 0 Å². The number of allylic oxidation sites excluding steroid dienone is 1. The van der Waals surface area contributed by atoms with Crippen molar-refractivity contribution in [3.8, 4) is 11.8 Å². The summed E-state index contributed by atoms with van der Waals surface area (Å²) >= 11 is 0. The van der Waals surface area contributed by atoms with E-state index in [1.807, 2.05) is 12.1 Å². The van der Waals surface area contributed by atoms with Crippen LogP contribution in [0.25, 0.3) is 0 Å². The molecule has 1 fully saturated rings. The van der Waals surface area contributed by atoms with Gasteiger partial charge in [-0.25, -0.2) is 0 Å². The molecule has 0 aliphatic carbocycles. The molecule has 1 aromatic carbocycles. The summed E-state index contributed by atoms with van der Waals surface area (Å²) in [4.78, 5) is 4.95. The molecule has 1 heterocycles. The summed E-state index contributed by atoms with van der Waals surface area (Å²) in [6.07, 6.45) is 3.09. The van der Waals surface area contributed by atoms with E-state index in [0.29, 0.717) is 6.04 Å². The summed E-state index contributed by atoms with van der Waals surface area (Å²) in [6.45, 7) is 12.8. The van der Waals surface area contributed by atoms with Crippen LogP contribution in [-0.2, 0) is 6.54 Å². The smallest absolute Gasteiger partial charge is 0.120 e. The highest BCUT2D eigenvalue weighted by Crippen LogP contribution is 2.16. The molecule has 2 N–H and O–H groups in total. The topological polar surface area (TPSA) is 46.9 Å². The van der Waals surface area contributed by atoms with Crippen LogP contribution in [0.1, 0.15) is 45.2 Å². The molecule has 1 aromatic rings. The zero-order valence-corrected chi connectivity index (χ0v) is 17.2. The number of rotatable bonds is 6. The Labute approximate surface area is 164 Å². The van der Waals surface area contributed by atoms with Gasteiger partial charge in [0.05, 0.1) is 0 Å². The maximum Gasteiger partial charge on any atom is 0.120 e. The van der Waals surface area contributed by atoms with Gasteiger partial charge in [-0.15, -0.1) is 0 Å². The lowest BCUT2D eigenvalue weighted by molar-refractivity contribution is 0.0637. The average molecular weight is 371 g/mol. The lowest BCUT2D eigenvalue weighted by atomic mass is 10.1. The van der Waals surface area contributed by atoms with Crippen LogP contribution in [0.15, 0.2) is 35.9 Å². The maximum absolute atomic E-state index is 9.70. The Kier molecular flexibility index (Phi) is 8.07. The number of piperazine rings is 1. The molecule has 0 aromatic heterocycles. The largest absolute Gasteiger partial charge is 0.396 e. The second-order valence-corrected chi connectivity index (χ2v) is 8.18. The molecule has 4 nitrogen and oxygen atoms in total. The molecule has 1 saturated heterocycles. The van der Waals surface area contributed by atoms with E-state index >= 15 is 0 Å². The molecule has 0 saturated carbocycles. The zero-order chi connectivity index (χ0) is 19.9. The van der Waals surface area contributed by atoms with Crippen LogP contribution in [0.5, 0.6) is 0 Å². The van der Waals surface area contributed by atoms with Crippen molar-refractivity contribution in [2.75, 3.05) is 32.8 Å². The maximum atomic E-state index is 9.70. The van der Waals surface area contributed by atoms with Gasteiger partial charge in [-0.2, -0.15) is 0 Å². The predicted molar refractivity (Wildman–Crippen MR) is 111 cm³/mol. The first-order chi connectivity index (χ1) is 12.8. The molecule has 2 rings (SSSR count). The Hall–Kier alpha value is -1.64. The second-order valence-electron chi connectivity index (χ2n) is 8.18. The van der Waals surface area contributed by atoms with E-state index in [1.54, 1.807) is 13.8 Å². The Morgan fingerprint density at radius 3 is 2.52 bits per heavy atom. The fourth-order valence-corrected chi connectivity index (χ4v) is 3.24. The molecule has 27 heavy (non-hydrogen) atoms. The van der Waals surface area contributed by atoms with Crippen molar-refractivity contribution in [3.63, 3.8) is 0 Å². The average Bonchev–Trinajstić information content (AvgIpc) is 2.60. The first-order valence-corrected chi connectivity index (χ1v) is 9.82. The molecule has 0 spiro atoms. The van der Waals surface area contributed by atoms with Crippen molar-refractivity contribution in [1.29, 1.82) is 0 Å². The van der Waals surface area contributed by atoms with Gasteiger partial charge in [0.25, 0.3) is 0 Å². The third-order valence-corrected chi connectivity index (χ3v) is 4.76. The minimum Gasteiger partial charge on any atom is -0.396 e. The van der Waals surface area contributed by atoms with Gasteiger partial charge in [0, 0.05) is 50.9 Å². The Bertz CT molecular complexity index is 673. The Balaban J connectivity index is 1.95. The fourth-order valence-electron chi connectivity index (χ4n) is 3.24. The summed E-state index contributed by atoms with van der Waals surface area (Å²) in [5.41, 5.74) is 2.56. The molecule has 1 atom stereocenters. The lowest BCUT2D eigenvalue weighted by Gasteiger charge is -2.41. The predicted octanol–water partition coefficient (Wildman–Crippen LogP) is 2.64. The van der Waals surface area contributed by atoms with Crippen molar-refractivity contribution >= 4 is 0 Å². The highest BCUT2D eigenvalue weighted by molar-refractivity contribution is 5.37. The van der Waals surface area contributed by atoms with Crippen molar-refractivity contribution in [3.05, 3.63) is 47.0 Å². The lowest BCUT2D eigenvalue weighted by Crippen LogP contribution is -2.53. The van der Waals surface area contributed by atoms with Crippen LogP contribution in [0.2, 0.25) is 0 Å². The van der Waals surface area contributed by atoms with Crippen molar-refractivity contribution in [2.24, 2.45) is 0 Å². The Morgan fingerprint density at radius 2 is 1.93 bits per heavy atom. The molecule has 1 aliphatic rings. The number of aliphatic hydroxyl groups is 2. The van der Waals surface area contributed by atoms with Gasteiger partial charge in [0.15, 0.2) is 0 Å². The molecule has 148 valence electrons. The molecule has 1 aliphatic heterocycles. The summed E-state index contributed by atoms with van der Waals surface area (Å²) in [6, 6.07) is 8.67. The van der Waals surface area contributed by atoms with Crippen LogP contribution >= 0.6 is 0 Å². The van der Waals surface area contributed by atoms with Crippen molar-refractivity contribution in [1.82, 2.24) is 9.80 Å². The van der Waals surface area contributed by atoms with Gasteiger partial charge in [-0.3, -0.25) is 9.80 Å². The molecular weight excluding hydrogens is 336 g/mol. The first kappa shape index (κ1) is 21.7. The normalized spacial score (nSPS) is 18.7. The molecule has 0 radical (unpaired) electrons. The fraction of sp³-hybridized carbons (Fsp3) is 0.565. The highest BCUT2D eigenvalue weighted by atomic mass is 16.3. The number of hydrogen-bond donors (Lipinski definition) is 2. The van der Waals surface area contributed by atoms with E-state index in [1.165, 1.54) is 11.1 Å². The third kappa shape index (κ3) is 7.86. The van der Waals surface area contributed by atoms with Crippen LogP contribution in [0, 0.1) is 11.8 Å². The number of benzene rings is 1. The molecule has 0 unspecified atom stereocenters. The van der Waals surface area contributed by atoms with Crippen LogP contribution in [0.3, 0.4) is 0 Å². The monoisotopic (exact) mass is 370 g/mol. The summed E-state index contributed by atoms with van der Waals surface area (Å²) < 4.78 is 0. The minimum absolute atomic E-state index is 0.235. The van der Waals surface area contributed by atoms with E-state index < -0.39 is 5.60 Å². The minimum atomic E-state index is -0.967. The van der Waals surface area contributed by atoms with Gasteiger partial charge < -0.3 is 10.2 Å². The quantitative estimate of drug-likeness (QED) is 0.597. The van der Waals surface area contributed by atoms with Crippen molar-refractivity contribution < 1.29 is 10.2 Å². The van der Waals surface area contributed by atoms with Crippen LogP contribution in [0.4, 0.5) is 0 Å². The SMILES string of the molecule is CC(C)=CCN1CCN(Cc2ccc(C#CC(C)(C)O)cc2)C[C@@H]1CCO. The van der Waals surface area contributed by atoms with Crippen molar-refractivity contribution in [2.45, 2.75) is 52.3 Å². The van der Waals surface area contributed by atoms with E-state index in [-0.39, 0.29) is 6.61 Å². The molecule has 0 amide bonds. The van der Waals surface area contributed by atoms with Gasteiger partial charge in [-0.05, 0) is 51.8 Å². The van der Waals surface area contributed by atoms with Gasteiger partial charge in [-0.1, -0.05) is 35.6 Å². The summed E-state index contributed by atoms with van der Waals surface area (Å²) in [5.74, 6) is 5.86. The summed E-state index contributed by atoms with van der Waals surface area (Å²) in [5, 5.41) is 19.1. The summed E-state index contributed by atoms with van der Waals surface area (Å²) in [7, 11) is 0. The zero-order valence-electron chi connectivity index (χ0n) is 17.2. The molecular formula is C23H34N2O2. The van der Waals surface area contributed by atoms with E-state index in [4.69, 9.17) is 0 Å². The van der Waals surface area contributed by atoms with Gasteiger partial charge in [0.2, 0.25) is 0 Å². The molecule has 4 heteroatoms. The van der Waals surface area contributed by atoms with E-state index in [9.17, 15) is 10.2 Å². The number of nitrogens with zero attached hydrogens (tertiary/aromatic N) is 2. The number of hydrogen-bond acceptors (Lipinski definition) is 4. The first-order valence-electron chi connectivity index (χ1n) is 9.82. The molecule has 0 bridgehead atoms. The van der Waals surface area contributed by atoms with E-state index in [2.05, 4.69) is 53.7 Å². The third-order valence-electron chi connectivity index (χ3n) is 4.76. The Morgan fingerprint density at radius 1 is 1.22 bits per heavy atom. The second kappa shape index (κ2) is 10.1. The van der Waals surface area contributed by atoms with E-state index in [0.717, 1.165) is 44.7 Å². The van der Waals surface area contributed by atoms with Crippen LogP contribution in [-0.4, -0.2) is 64.4 Å². The number of aliphatic hydroxyl groups excluding tert-OH is 1.